The Kier molecular flexibility index (Phi) is 3.41. The standard InChI is InChI=1S/C10H15BrN4/c11-8-9(12)13-7-14-10(8)15-5-3-1-2-4-6-15/h7H,1-6H2,(H2,12,13,14). The zero-order chi connectivity index (χ0) is 10.7. The molecule has 0 saturated carbocycles. The second-order valence-corrected chi connectivity index (χ2v) is 4.59. The highest BCUT2D eigenvalue weighted by molar-refractivity contribution is 9.10. The van der Waals surface area contributed by atoms with Crippen LogP contribution in [0.1, 0.15) is 25.7 Å². The van der Waals surface area contributed by atoms with Gasteiger partial charge in [-0.1, -0.05) is 12.8 Å². The number of rotatable bonds is 1. The van der Waals surface area contributed by atoms with Crippen molar-refractivity contribution >= 4 is 27.6 Å². The number of aromatic nitrogens is 2. The molecule has 0 amide bonds. The molecule has 2 rings (SSSR count). The van der Waals surface area contributed by atoms with Crippen LogP contribution in [0.2, 0.25) is 0 Å². The average molecular weight is 271 g/mol. The Morgan fingerprint density at radius 1 is 1.13 bits per heavy atom. The minimum Gasteiger partial charge on any atom is -0.383 e. The van der Waals surface area contributed by atoms with Crippen LogP contribution < -0.4 is 10.6 Å². The number of anilines is 2. The van der Waals surface area contributed by atoms with Crippen LogP contribution in [-0.4, -0.2) is 23.1 Å². The lowest BCUT2D eigenvalue weighted by molar-refractivity contribution is 0.726. The number of nitrogens with zero attached hydrogens (tertiary/aromatic N) is 3. The molecule has 1 aromatic rings. The molecule has 15 heavy (non-hydrogen) atoms. The lowest BCUT2D eigenvalue weighted by atomic mass is 10.2. The molecule has 0 aromatic carbocycles. The molecular weight excluding hydrogens is 256 g/mol. The topological polar surface area (TPSA) is 55.0 Å². The molecule has 0 spiro atoms. The van der Waals surface area contributed by atoms with Crippen LogP contribution in [0.25, 0.3) is 0 Å². The fourth-order valence-electron chi connectivity index (χ4n) is 1.88. The van der Waals surface area contributed by atoms with E-state index in [1.807, 2.05) is 0 Å². The van der Waals surface area contributed by atoms with Crippen molar-refractivity contribution in [3.8, 4) is 0 Å². The second-order valence-electron chi connectivity index (χ2n) is 3.80. The molecule has 0 radical (unpaired) electrons. The van der Waals surface area contributed by atoms with Gasteiger partial charge in [0.25, 0.3) is 0 Å². The van der Waals surface area contributed by atoms with Crippen molar-refractivity contribution in [2.24, 2.45) is 0 Å². The monoisotopic (exact) mass is 270 g/mol. The van der Waals surface area contributed by atoms with Gasteiger partial charge in [0.05, 0.1) is 0 Å². The highest BCUT2D eigenvalue weighted by Gasteiger charge is 2.15. The van der Waals surface area contributed by atoms with Crippen molar-refractivity contribution in [3.05, 3.63) is 10.8 Å². The fraction of sp³-hybridized carbons (Fsp3) is 0.600. The van der Waals surface area contributed by atoms with Gasteiger partial charge in [0.15, 0.2) is 0 Å². The Morgan fingerprint density at radius 2 is 1.80 bits per heavy atom. The van der Waals surface area contributed by atoms with Crippen LogP contribution in [0, 0.1) is 0 Å². The van der Waals surface area contributed by atoms with Crippen molar-refractivity contribution in [1.82, 2.24) is 9.97 Å². The molecule has 4 nitrogen and oxygen atoms in total. The summed E-state index contributed by atoms with van der Waals surface area (Å²) in [6.45, 7) is 2.13. The lowest BCUT2D eigenvalue weighted by Gasteiger charge is -2.22. The maximum atomic E-state index is 5.74. The Balaban J connectivity index is 2.23. The Labute approximate surface area is 98.0 Å². The van der Waals surface area contributed by atoms with Gasteiger partial charge in [-0.3, -0.25) is 0 Å². The van der Waals surface area contributed by atoms with Crippen LogP contribution in [0.5, 0.6) is 0 Å². The van der Waals surface area contributed by atoms with Crippen LogP contribution in [0.4, 0.5) is 11.6 Å². The molecular formula is C10H15BrN4. The summed E-state index contributed by atoms with van der Waals surface area (Å²) in [6.07, 6.45) is 6.62. The fourth-order valence-corrected chi connectivity index (χ4v) is 2.33. The predicted octanol–water partition coefficient (Wildman–Crippen LogP) is 2.20. The van der Waals surface area contributed by atoms with Crippen molar-refractivity contribution < 1.29 is 0 Å². The number of hydrogen-bond acceptors (Lipinski definition) is 4. The summed E-state index contributed by atoms with van der Waals surface area (Å²) in [5.74, 6) is 1.45. The number of halogens is 1. The smallest absolute Gasteiger partial charge is 0.148 e. The van der Waals surface area contributed by atoms with Gasteiger partial charge in [0, 0.05) is 13.1 Å². The van der Waals surface area contributed by atoms with E-state index in [4.69, 9.17) is 5.73 Å². The molecule has 5 heteroatoms. The number of hydrogen-bond donors (Lipinski definition) is 1. The summed E-state index contributed by atoms with van der Waals surface area (Å²) in [5, 5.41) is 0. The minimum atomic E-state index is 0.518. The number of nitrogens with two attached hydrogens (primary N) is 1. The summed E-state index contributed by atoms with van der Waals surface area (Å²) in [7, 11) is 0. The van der Waals surface area contributed by atoms with Gasteiger partial charge in [0.1, 0.15) is 22.4 Å². The third-order valence-corrected chi connectivity index (χ3v) is 3.46. The van der Waals surface area contributed by atoms with Gasteiger partial charge in [-0.2, -0.15) is 0 Å². The summed E-state index contributed by atoms with van der Waals surface area (Å²) < 4.78 is 0.826. The zero-order valence-electron chi connectivity index (χ0n) is 8.62. The normalized spacial score (nSPS) is 17.5. The summed E-state index contributed by atoms with van der Waals surface area (Å²) in [5.41, 5.74) is 5.74. The third kappa shape index (κ3) is 2.40. The highest BCUT2D eigenvalue weighted by Crippen LogP contribution is 2.28. The van der Waals surface area contributed by atoms with E-state index in [0.29, 0.717) is 5.82 Å². The predicted molar refractivity (Wildman–Crippen MR) is 64.8 cm³/mol. The molecule has 0 atom stereocenters. The Bertz CT molecular complexity index is 334. The van der Waals surface area contributed by atoms with Crippen LogP contribution in [0.15, 0.2) is 10.8 Å². The molecule has 2 N–H and O–H groups in total. The molecule has 0 bridgehead atoms. The van der Waals surface area contributed by atoms with Gasteiger partial charge < -0.3 is 10.6 Å². The van der Waals surface area contributed by atoms with Crippen LogP contribution in [0.3, 0.4) is 0 Å². The number of nitrogen functional groups attached to an aromatic ring is 1. The molecule has 1 aliphatic heterocycles. The first kappa shape index (κ1) is 10.7. The van der Waals surface area contributed by atoms with Gasteiger partial charge in [-0.15, -0.1) is 0 Å². The molecule has 1 saturated heterocycles. The first-order valence-corrected chi connectivity index (χ1v) is 6.09. The van der Waals surface area contributed by atoms with E-state index >= 15 is 0 Å². The van der Waals surface area contributed by atoms with Crippen molar-refractivity contribution in [3.63, 3.8) is 0 Å². The van der Waals surface area contributed by atoms with Gasteiger partial charge in [-0.25, -0.2) is 9.97 Å². The zero-order valence-corrected chi connectivity index (χ0v) is 10.2. The van der Waals surface area contributed by atoms with Gasteiger partial charge in [0.2, 0.25) is 0 Å². The third-order valence-electron chi connectivity index (χ3n) is 2.70. The van der Waals surface area contributed by atoms with Crippen LogP contribution in [-0.2, 0) is 0 Å². The van der Waals surface area contributed by atoms with E-state index in [-0.39, 0.29) is 0 Å². The SMILES string of the molecule is Nc1ncnc(N2CCCCCC2)c1Br. The van der Waals surface area contributed by atoms with Crippen molar-refractivity contribution in [2.75, 3.05) is 23.7 Å². The molecule has 0 unspecified atom stereocenters. The molecule has 2 heterocycles. The molecule has 1 fully saturated rings. The largest absolute Gasteiger partial charge is 0.383 e. The molecule has 0 aliphatic carbocycles. The molecule has 1 aromatic heterocycles. The quantitative estimate of drug-likeness (QED) is 0.850. The maximum Gasteiger partial charge on any atom is 0.148 e. The minimum absolute atomic E-state index is 0.518. The molecule has 82 valence electrons. The summed E-state index contributed by atoms with van der Waals surface area (Å²) in [4.78, 5) is 10.5. The Hall–Kier alpha value is -0.840. The van der Waals surface area contributed by atoms with E-state index in [1.54, 1.807) is 0 Å². The Morgan fingerprint density at radius 3 is 2.47 bits per heavy atom. The summed E-state index contributed by atoms with van der Waals surface area (Å²) in [6, 6.07) is 0. The van der Waals surface area contributed by atoms with Gasteiger partial charge >= 0.3 is 0 Å². The summed E-state index contributed by atoms with van der Waals surface area (Å²) >= 11 is 3.45. The van der Waals surface area contributed by atoms with Crippen molar-refractivity contribution in [1.29, 1.82) is 0 Å². The van der Waals surface area contributed by atoms with Gasteiger partial charge in [-0.05, 0) is 28.8 Å². The van der Waals surface area contributed by atoms with E-state index in [1.165, 1.54) is 32.0 Å². The van der Waals surface area contributed by atoms with E-state index in [9.17, 15) is 0 Å². The van der Waals surface area contributed by atoms with E-state index in [0.717, 1.165) is 23.4 Å². The first-order valence-electron chi connectivity index (χ1n) is 5.30. The van der Waals surface area contributed by atoms with Crippen molar-refractivity contribution in [2.45, 2.75) is 25.7 Å². The van der Waals surface area contributed by atoms with Crippen LogP contribution >= 0.6 is 15.9 Å². The van der Waals surface area contributed by atoms with E-state index < -0.39 is 0 Å². The first-order chi connectivity index (χ1) is 7.29. The second kappa shape index (κ2) is 4.79. The highest BCUT2D eigenvalue weighted by atomic mass is 79.9. The van der Waals surface area contributed by atoms with E-state index in [2.05, 4.69) is 30.8 Å². The maximum absolute atomic E-state index is 5.74. The lowest BCUT2D eigenvalue weighted by Crippen LogP contribution is -2.25. The average Bonchev–Trinajstić information content (AvgIpc) is 2.50. The molecule has 1 aliphatic rings.